The molecule has 4 nitrogen and oxygen atoms in total. The molecular weight excluding hydrogens is 374 g/mol. The van der Waals surface area contributed by atoms with Gasteiger partial charge in [0.15, 0.2) is 0 Å². The first kappa shape index (κ1) is 17.4. The summed E-state index contributed by atoms with van der Waals surface area (Å²) in [4.78, 5) is 0. The molecular formula is C11H17BrClNO3S2. The van der Waals surface area contributed by atoms with Crippen LogP contribution in [0.2, 0.25) is 5.02 Å². The maximum atomic E-state index is 11.9. The number of unbranched alkanes of at least 4 members (excludes halogenated alkanes) is 1. The summed E-state index contributed by atoms with van der Waals surface area (Å²) in [5, 5.41) is 0.410. The average Bonchev–Trinajstić information content (AvgIpc) is 2.69. The summed E-state index contributed by atoms with van der Waals surface area (Å²) >= 11 is 10.1. The number of sulfonamides is 1. The summed E-state index contributed by atoms with van der Waals surface area (Å²) in [7, 11) is -3.46. The maximum Gasteiger partial charge on any atom is 0.250 e. The molecule has 0 saturated heterocycles. The minimum Gasteiger partial charge on any atom is -0.381 e. The van der Waals surface area contributed by atoms with Crippen LogP contribution >= 0.6 is 38.9 Å². The Hall–Kier alpha value is 0.340. The Bertz CT molecular complexity index is 471. The molecule has 0 aliphatic rings. The minimum absolute atomic E-state index is 0.219. The monoisotopic (exact) mass is 389 g/mol. The summed E-state index contributed by atoms with van der Waals surface area (Å²) in [5.74, 6) is 0. The molecule has 0 atom stereocenters. The summed E-state index contributed by atoms with van der Waals surface area (Å²) in [6.45, 7) is 3.76. The van der Waals surface area contributed by atoms with E-state index >= 15 is 0 Å². The third kappa shape index (κ3) is 6.10. The third-order valence-electron chi connectivity index (χ3n) is 2.29. The highest BCUT2D eigenvalue weighted by atomic mass is 79.9. The van der Waals surface area contributed by atoms with Crippen molar-refractivity contribution in [3.8, 4) is 0 Å². The van der Waals surface area contributed by atoms with Crippen LogP contribution in [0.5, 0.6) is 0 Å². The zero-order valence-electron chi connectivity index (χ0n) is 10.6. The number of hydrogen-bond donors (Lipinski definition) is 1. The van der Waals surface area contributed by atoms with Crippen LogP contribution in [0.3, 0.4) is 0 Å². The van der Waals surface area contributed by atoms with Crippen molar-refractivity contribution in [1.82, 2.24) is 4.72 Å². The van der Waals surface area contributed by atoms with Crippen molar-refractivity contribution in [3.05, 3.63) is 14.9 Å². The number of nitrogens with one attached hydrogen (secondary N) is 1. The van der Waals surface area contributed by atoms with Crippen LogP contribution in [-0.2, 0) is 14.8 Å². The molecule has 0 aliphatic heterocycles. The third-order valence-corrected chi connectivity index (χ3v) is 6.70. The Morgan fingerprint density at radius 1 is 1.42 bits per heavy atom. The van der Waals surface area contributed by atoms with E-state index in [4.69, 9.17) is 16.3 Å². The molecule has 0 bridgehead atoms. The van der Waals surface area contributed by atoms with E-state index in [0.717, 1.165) is 30.8 Å². The fourth-order valence-corrected chi connectivity index (χ4v) is 4.78. The predicted molar refractivity (Wildman–Crippen MR) is 82.6 cm³/mol. The number of ether oxygens (including phenoxy) is 1. The van der Waals surface area contributed by atoms with E-state index in [9.17, 15) is 8.42 Å². The molecule has 8 heteroatoms. The van der Waals surface area contributed by atoms with Gasteiger partial charge in [-0.2, -0.15) is 0 Å². The zero-order chi connectivity index (χ0) is 14.3. The first-order chi connectivity index (χ1) is 8.97. The highest BCUT2D eigenvalue weighted by Crippen LogP contribution is 2.34. The van der Waals surface area contributed by atoms with Crippen molar-refractivity contribution >= 4 is 48.9 Å². The van der Waals surface area contributed by atoms with Gasteiger partial charge in [0.25, 0.3) is 0 Å². The molecule has 1 rings (SSSR count). The van der Waals surface area contributed by atoms with Crippen LogP contribution in [-0.4, -0.2) is 28.2 Å². The van der Waals surface area contributed by atoms with Crippen LogP contribution in [0.15, 0.2) is 14.1 Å². The van der Waals surface area contributed by atoms with E-state index in [-0.39, 0.29) is 4.21 Å². The topological polar surface area (TPSA) is 55.4 Å². The lowest BCUT2D eigenvalue weighted by Crippen LogP contribution is -2.24. The van der Waals surface area contributed by atoms with Gasteiger partial charge < -0.3 is 4.74 Å². The van der Waals surface area contributed by atoms with Gasteiger partial charge in [-0.25, -0.2) is 13.1 Å². The van der Waals surface area contributed by atoms with Crippen molar-refractivity contribution in [2.75, 3.05) is 19.8 Å². The van der Waals surface area contributed by atoms with E-state index in [0.29, 0.717) is 28.4 Å². The van der Waals surface area contributed by atoms with Gasteiger partial charge in [-0.3, -0.25) is 0 Å². The molecule has 1 aromatic rings. The SMILES string of the molecule is CCCCOCCCNS(=O)(=O)c1cc(Cl)c(Br)s1. The van der Waals surface area contributed by atoms with Gasteiger partial charge in [-0.15, -0.1) is 11.3 Å². The lowest BCUT2D eigenvalue weighted by molar-refractivity contribution is 0.130. The van der Waals surface area contributed by atoms with E-state index < -0.39 is 10.0 Å². The first-order valence-corrected chi connectivity index (χ1v) is 9.46. The first-order valence-electron chi connectivity index (χ1n) is 5.99. The second kappa shape index (κ2) is 8.59. The Labute approximate surface area is 131 Å². The highest BCUT2D eigenvalue weighted by molar-refractivity contribution is 9.11. The molecule has 110 valence electrons. The fraction of sp³-hybridized carbons (Fsp3) is 0.636. The Kier molecular flexibility index (Phi) is 7.86. The van der Waals surface area contributed by atoms with Crippen LogP contribution in [0.1, 0.15) is 26.2 Å². The quantitative estimate of drug-likeness (QED) is 0.655. The molecule has 0 unspecified atom stereocenters. The molecule has 0 amide bonds. The molecule has 1 aromatic heterocycles. The van der Waals surface area contributed by atoms with Gasteiger partial charge in [-0.1, -0.05) is 24.9 Å². The zero-order valence-corrected chi connectivity index (χ0v) is 14.6. The van der Waals surface area contributed by atoms with Gasteiger partial charge in [0, 0.05) is 19.8 Å². The Morgan fingerprint density at radius 3 is 2.68 bits per heavy atom. The Morgan fingerprint density at radius 2 is 2.11 bits per heavy atom. The van der Waals surface area contributed by atoms with Crippen molar-refractivity contribution in [3.63, 3.8) is 0 Å². The smallest absolute Gasteiger partial charge is 0.250 e. The average molecular weight is 391 g/mol. The summed E-state index contributed by atoms with van der Waals surface area (Å²) in [6.07, 6.45) is 2.79. The van der Waals surface area contributed by atoms with E-state index in [1.807, 2.05) is 0 Å². The van der Waals surface area contributed by atoms with Gasteiger partial charge >= 0.3 is 0 Å². The van der Waals surface area contributed by atoms with Crippen LogP contribution in [0.4, 0.5) is 0 Å². The van der Waals surface area contributed by atoms with Gasteiger partial charge in [0.2, 0.25) is 10.0 Å². The standard InChI is InChI=1S/C11H17BrClNO3S2/c1-2-3-6-17-7-4-5-14-19(15,16)10-8-9(13)11(12)18-10/h8,14H,2-7H2,1H3. The Balaban J connectivity index is 2.32. The molecule has 0 aromatic carbocycles. The fourth-order valence-electron chi connectivity index (χ4n) is 1.26. The molecule has 0 saturated carbocycles. The molecule has 0 radical (unpaired) electrons. The van der Waals surface area contributed by atoms with Gasteiger partial charge in [0.1, 0.15) is 4.21 Å². The van der Waals surface area contributed by atoms with E-state index in [1.165, 1.54) is 6.07 Å². The molecule has 19 heavy (non-hydrogen) atoms. The van der Waals surface area contributed by atoms with E-state index in [2.05, 4.69) is 27.6 Å². The number of hydrogen-bond acceptors (Lipinski definition) is 4. The molecule has 1 N–H and O–H groups in total. The van der Waals surface area contributed by atoms with Crippen molar-refractivity contribution in [2.45, 2.75) is 30.4 Å². The second-order valence-electron chi connectivity index (χ2n) is 3.90. The summed E-state index contributed by atoms with van der Waals surface area (Å²) in [6, 6.07) is 1.44. The lowest BCUT2D eigenvalue weighted by Gasteiger charge is -2.05. The van der Waals surface area contributed by atoms with Crippen LogP contribution in [0.25, 0.3) is 0 Å². The van der Waals surface area contributed by atoms with E-state index in [1.54, 1.807) is 0 Å². The second-order valence-corrected chi connectivity index (χ2v) is 8.68. The molecule has 0 aliphatic carbocycles. The van der Waals surface area contributed by atoms with Crippen molar-refractivity contribution < 1.29 is 13.2 Å². The number of halogens is 2. The van der Waals surface area contributed by atoms with Crippen molar-refractivity contribution in [1.29, 1.82) is 0 Å². The van der Waals surface area contributed by atoms with Crippen LogP contribution in [0, 0.1) is 0 Å². The maximum absolute atomic E-state index is 11.9. The normalized spacial score (nSPS) is 11.9. The predicted octanol–water partition coefficient (Wildman–Crippen LogP) is 3.65. The summed E-state index contributed by atoms with van der Waals surface area (Å²) in [5.41, 5.74) is 0. The van der Waals surface area contributed by atoms with Crippen LogP contribution < -0.4 is 4.72 Å². The molecule has 0 fully saturated rings. The molecule has 0 spiro atoms. The largest absolute Gasteiger partial charge is 0.381 e. The van der Waals surface area contributed by atoms with Gasteiger partial charge in [0.05, 0.1) is 8.81 Å². The van der Waals surface area contributed by atoms with Gasteiger partial charge in [-0.05, 0) is 34.8 Å². The van der Waals surface area contributed by atoms with Crippen molar-refractivity contribution in [2.24, 2.45) is 0 Å². The molecule has 1 heterocycles. The lowest BCUT2D eigenvalue weighted by atomic mass is 10.4. The minimum atomic E-state index is -3.46. The number of thiophene rings is 1. The summed E-state index contributed by atoms with van der Waals surface area (Å²) < 4.78 is 32.6. The number of rotatable bonds is 9. The highest BCUT2D eigenvalue weighted by Gasteiger charge is 2.18.